The second-order valence-corrected chi connectivity index (χ2v) is 12.8. The molecule has 5 aromatic carbocycles. The highest BCUT2D eigenvalue weighted by Gasteiger charge is 2.44. The molecular weight excluding hydrogens is 569 g/mol. The molecule has 0 unspecified atom stereocenters. The summed E-state index contributed by atoms with van der Waals surface area (Å²) < 4.78 is 18.5. The topological polar surface area (TPSA) is 27.7 Å². The molecule has 2 aliphatic rings. The number of thiol groups is 1. The third-order valence-corrected chi connectivity index (χ3v) is 10.3. The summed E-state index contributed by atoms with van der Waals surface area (Å²) >= 11 is 6.49. The first-order chi connectivity index (χ1) is 20.9. The molecule has 0 fully saturated rings. The summed E-state index contributed by atoms with van der Waals surface area (Å²) in [6, 6.07) is 29.9. The van der Waals surface area contributed by atoms with Crippen LogP contribution in [0.3, 0.4) is 0 Å². The van der Waals surface area contributed by atoms with Gasteiger partial charge >= 0.3 is 0 Å². The van der Waals surface area contributed by atoms with Gasteiger partial charge in [0.2, 0.25) is 0 Å². The Morgan fingerprint density at radius 3 is 2.02 bits per heavy atom. The van der Waals surface area contributed by atoms with E-state index in [1.54, 1.807) is 26.0 Å². The van der Waals surface area contributed by atoms with Gasteiger partial charge in [-0.3, -0.25) is 0 Å². The molecule has 5 aromatic rings. The summed E-state index contributed by atoms with van der Waals surface area (Å²) in [4.78, 5) is 1.22. The largest absolute Gasteiger partial charge is 0.497 e. The van der Waals surface area contributed by atoms with Gasteiger partial charge < -0.3 is 14.2 Å². The van der Waals surface area contributed by atoms with Gasteiger partial charge in [-0.2, -0.15) is 12.6 Å². The highest BCUT2D eigenvalue weighted by molar-refractivity contribution is 7.98. The van der Waals surface area contributed by atoms with Crippen LogP contribution >= 0.6 is 24.4 Å². The zero-order chi connectivity index (χ0) is 29.9. The molecule has 0 atom stereocenters. The lowest BCUT2D eigenvalue weighted by Crippen LogP contribution is -2.35. The maximum absolute atomic E-state index is 7.45. The lowest BCUT2D eigenvalue weighted by atomic mass is 9.76. The molecule has 7 rings (SSSR count). The zero-order valence-electron chi connectivity index (χ0n) is 25.0. The predicted octanol–water partition coefficient (Wildman–Crippen LogP) is 9.66. The van der Waals surface area contributed by atoms with Crippen LogP contribution in [0.25, 0.3) is 28.0 Å². The minimum atomic E-state index is -0.857. The first-order valence-corrected chi connectivity index (χ1v) is 16.3. The highest BCUT2D eigenvalue weighted by atomic mass is 32.2. The Kier molecular flexibility index (Phi) is 6.79. The average molecular weight is 603 g/mol. The third kappa shape index (κ3) is 4.12. The number of rotatable bonds is 6. The van der Waals surface area contributed by atoms with Crippen LogP contribution in [0.2, 0.25) is 0 Å². The smallest absolute Gasteiger partial charge is 0.178 e. The Morgan fingerprint density at radius 1 is 0.814 bits per heavy atom. The molecule has 0 saturated heterocycles. The van der Waals surface area contributed by atoms with Crippen molar-refractivity contribution in [3.8, 4) is 28.4 Å². The van der Waals surface area contributed by atoms with Gasteiger partial charge in [0.25, 0.3) is 0 Å². The molecule has 0 amide bonds. The summed E-state index contributed by atoms with van der Waals surface area (Å²) in [5, 5.41) is 2.33. The number of ether oxygens (including phenoxy) is 3. The molecule has 0 spiro atoms. The Balaban J connectivity index is 1.57. The Morgan fingerprint density at radius 2 is 1.44 bits per heavy atom. The van der Waals surface area contributed by atoms with Crippen molar-refractivity contribution in [2.45, 2.75) is 35.5 Å². The molecule has 0 saturated carbocycles. The van der Waals surface area contributed by atoms with Crippen molar-refractivity contribution in [3.63, 3.8) is 0 Å². The van der Waals surface area contributed by atoms with E-state index in [4.69, 9.17) is 26.8 Å². The van der Waals surface area contributed by atoms with E-state index >= 15 is 0 Å². The molecule has 3 nitrogen and oxygen atoms in total. The van der Waals surface area contributed by atoms with E-state index < -0.39 is 5.60 Å². The van der Waals surface area contributed by atoms with Crippen molar-refractivity contribution < 1.29 is 14.2 Å². The first-order valence-electron chi connectivity index (χ1n) is 14.5. The molecule has 216 valence electrons. The predicted molar refractivity (Wildman–Crippen MR) is 182 cm³/mol. The fraction of sp³-hybridized carbons (Fsp3) is 0.211. The van der Waals surface area contributed by atoms with Gasteiger partial charge in [0.15, 0.2) is 5.60 Å². The van der Waals surface area contributed by atoms with Crippen LogP contribution in [0.15, 0.2) is 95.9 Å². The minimum absolute atomic E-state index is 0.197. The average Bonchev–Trinajstić information content (AvgIpc) is 3.30. The molecule has 0 radical (unpaired) electrons. The monoisotopic (exact) mass is 602 g/mol. The van der Waals surface area contributed by atoms with Gasteiger partial charge in [0.05, 0.1) is 14.2 Å². The number of hydrogen-bond donors (Lipinski definition) is 1. The molecule has 1 aliphatic carbocycles. The van der Waals surface area contributed by atoms with Crippen molar-refractivity contribution in [3.05, 3.63) is 124 Å². The molecule has 5 heteroatoms. The van der Waals surface area contributed by atoms with Crippen LogP contribution in [-0.4, -0.2) is 20.5 Å². The summed E-state index contributed by atoms with van der Waals surface area (Å²) in [7, 11) is 3.38. The van der Waals surface area contributed by atoms with Crippen LogP contribution in [0.5, 0.6) is 17.2 Å². The summed E-state index contributed by atoms with van der Waals surface area (Å²) in [5.74, 6) is 3.19. The summed E-state index contributed by atoms with van der Waals surface area (Å²) in [6.45, 7) is 4.67. The maximum Gasteiger partial charge on any atom is 0.178 e. The number of methoxy groups -OCH3 is 2. The van der Waals surface area contributed by atoms with Gasteiger partial charge in [-0.25, -0.2) is 0 Å². The number of hydrogen-bond acceptors (Lipinski definition) is 5. The number of fused-ring (bicyclic) bond motifs is 8. The molecule has 0 bridgehead atoms. The van der Waals surface area contributed by atoms with Crippen LogP contribution in [0.4, 0.5) is 0 Å². The molecule has 1 heterocycles. The SMILES string of the molecule is COc1ccc(C2(c3ccc(OC)cc3)C=Cc3c4c(c5cc(CS)c(SC)cc5c3O2)-c2ccccc2C4(C)C)cc1. The van der Waals surface area contributed by atoms with E-state index in [1.807, 2.05) is 24.3 Å². The van der Waals surface area contributed by atoms with Crippen molar-refractivity contribution in [2.75, 3.05) is 20.5 Å². The maximum atomic E-state index is 7.45. The lowest BCUT2D eigenvalue weighted by molar-refractivity contribution is 0.163. The van der Waals surface area contributed by atoms with Gasteiger partial charge in [-0.1, -0.05) is 68.5 Å². The fourth-order valence-corrected chi connectivity index (χ4v) is 7.99. The first kappa shape index (κ1) is 28.0. The van der Waals surface area contributed by atoms with E-state index in [9.17, 15) is 0 Å². The molecule has 0 aromatic heterocycles. The van der Waals surface area contributed by atoms with E-state index in [-0.39, 0.29) is 5.41 Å². The quantitative estimate of drug-likeness (QED) is 0.155. The number of benzene rings is 5. The number of thioether (sulfide) groups is 1. The second kappa shape index (κ2) is 10.4. The minimum Gasteiger partial charge on any atom is -0.497 e. The van der Waals surface area contributed by atoms with Crippen molar-refractivity contribution in [1.29, 1.82) is 0 Å². The molecule has 0 N–H and O–H groups in total. The standard InChI is InChI=1S/C38H34O3S2/c1-37(2)32-9-7-6-8-28(32)34-30-20-23(22-42)33(43-5)21-31(30)36-29(35(34)37)18-19-38(41-36,24-10-14-26(39-3)15-11-24)25-12-16-27(40-4)17-13-25/h6-21,42H,22H2,1-5H3. The van der Waals surface area contributed by atoms with Gasteiger partial charge in [-0.05, 0) is 81.9 Å². The van der Waals surface area contributed by atoms with E-state index in [2.05, 4.69) is 92.9 Å². The van der Waals surface area contributed by atoms with Crippen LogP contribution in [0.1, 0.15) is 47.2 Å². The Bertz CT molecular complexity index is 1860. The molecule has 43 heavy (non-hydrogen) atoms. The highest BCUT2D eigenvalue weighted by Crippen LogP contribution is 2.58. The molecular formula is C38H34O3S2. The summed E-state index contributed by atoms with van der Waals surface area (Å²) in [5.41, 5.74) is 8.63. The van der Waals surface area contributed by atoms with Crippen LogP contribution in [0, 0.1) is 0 Å². The van der Waals surface area contributed by atoms with Crippen molar-refractivity contribution in [1.82, 2.24) is 0 Å². The van der Waals surface area contributed by atoms with Crippen molar-refractivity contribution >= 4 is 41.2 Å². The second-order valence-electron chi connectivity index (χ2n) is 11.7. The van der Waals surface area contributed by atoms with Gasteiger partial charge in [0.1, 0.15) is 17.2 Å². The zero-order valence-corrected chi connectivity index (χ0v) is 26.7. The van der Waals surface area contributed by atoms with Crippen molar-refractivity contribution in [2.24, 2.45) is 0 Å². The summed E-state index contributed by atoms with van der Waals surface area (Å²) in [6.07, 6.45) is 6.65. The lowest BCUT2D eigenvalue weighted by Gasteiger charge is -2.38. The normalized spacial score (nSPS) is 15.4. The Hall–Kier alpha value is -3.80. The third-order valence-electron chi connectivity index (χ3n) is 9.15. The van der Waals surface area contributed by atoms with Gasteiger partial charge in [0, 0.05) is 38.1 Å². The van der Waals surface area contributed by atoms with E-state index in [1.165, 1.54) is 38.1 Å². The van der Waals surface area contributed by atoms with Crippen LogP contribution < -0.4 is 14.2 Å². The molecule has 1 aliphatic heterocycles. The van der Waals surface area contributed by atoms with E-state index in [0.717, 1.165) is 39.3 Å². The van der Waals surface area contributed by atoms with E-state index in [0.29, 0.717) is 5.75 Å². The fourth-order valence-electron chi connectivity index (χ4n) is 6.99. The van der Waals surface area contributed by atoms with Gasteiger partial charge in [-0.15, -0.1) is 11.8 Å². The van der Waals surface area contributed by atoms with Crippen LogP contribution in [-0.2, 0) is 16.8 Å². The Labute approximate surface area is 263 Å².